The number of allylic oxidation sites excluding steroid dienone is 2. The normalized spacial score (nSPS) is 12.3. The molecule has 3 heteroatoms. The van der Waals surface area contributed by atoms with Gasteiger partial charge in [-0.1, -0.05) is 36.9 Å². The summed E-state index contributed by atoms with van der Waals surface area (Å²) in [6.07, 6.45) is 4.91. The minimum Gasteiger partial charge on any atom is -0.392 e. The summed E-state index contributed by atoms with van der Waals surface area (Å²) >= 11 is 0. The van der Waals surface area contributed by atoms with Gasteiger partial charge in [-0.3, -0.25) is 0 Å². The first kappa shape index (κ1) is 13.7. The molecule has 1 aromatic carbocycles. The molecule has 0 bridgehead atoms. The maximum atomic E-state index is 12.1. The smallest absolute Gasteiger partial charge is 0.0886 e. The van der Waals surface area contributed by atoms with Crippen LogP contribution in [0.3, 0.4) is 0 Å². The molecule has 1 unspecified atom stereocenters. The highest BCUT2D eigenvalue weighted by atomic mass is 32.2. The summed E-state index contributed by atoms with van der Waals surface area (Å²) in [4.78, 5) is 1.46. The molecule has 0 spiro atoms. The van der Waals surface area contributed by atoms with E-state index in [1.807, 2.05) is 36.4 Å². The molecular weight excluding hydrogens is 232 g/mol. The Kier molecular flexibility index (Phi) is 6.26. The Balaban J connectivity index is 2.67. The summed E-state index contributed by atoms with van der Waals surface area (Å²) in [6, 6.07) is 9.27. The van der Waals surface area contributed by atoms with E-state index in [2.05, 4.69) is 12.3 Å². The van der Waals surface area contributed by atoms with E-state index in [0.29, 0.717) is 11.3 Å². The second-order valence-corrected chi connectivity index (χ2v) is 4.88. The van der Waals surface area contributed by atoms with E-state index in [4.69, 9.17) is 5.11 Å². The van der Waals surface area contributed by atoms with Crippen LogP contribution in [0.1, 0.15) is 12.8 Å². The van der Waals surface area contributed by atoms with Gasteiger partial charge in [0.25, 0.3) is 0 Å². The Morgan fingerprint density at radius 2 is 2.06 bits per heavy atom. The number of hydrogen-bond donors (Lipinski definition) is 1. The Labute approximate surface area is 104 Å². The molecule has 1 atom stereocenters. The van der Waals surface area contributed by atoms with Gasteiger partial charge >= 0.3 is 0 Å². The fraction of sp³-hybridized carbons (Fsp3) is 0.214. The van der Waals surface area contributed by atoms with E-state index >= 15 is 0 Å². The maximum absolute atomic E-state index is 12.1. The van der Waals surface area contributed by atoms with Gasteiger partial charge in [0.05, 0.1) is 22.3 Å². The number of hydrogen-bond acceptors (Lipinski definition) is 2. The number of benzene rings is 1. The number of aliphatic hydroxyl groups excluding tert-OH is 1. The van der Waals surface area contributed by atoms with Crippen LogP contribution in [0, 0.1) is 0 Å². The lowest BCUT2D eigenvalue weighted by Gasteiger charge is -2.03. The van der Waals surface area contributed by atoms with Gasteiger partial charge in [-0.2, -0.15) is 0 Å². The molecule has 0 fully saturated rings. The van der Waals surface area contributed by atoms with E-state index in [0.717, 1.165) is 11.3 Å². The van der Waals surface area contributed by atoms with Crippen molar-refractivity contribution in [1.82, 2.24) is 0 Å². The lowest BCUT2D eigenvalue weighted by molar-refractivity contribution is 0.342. The Morgan fingerprint density at radius 3 is 2.65 bits per heavy atom. The van der Waals surface area contributed by atoms with Crippen LogP contribution in [-0.4, -0.2) is 15.9 Å². The molecule has 0 heterocycles. The summed E-state index contributed by atoms with van der Waals surface area (Å²) in [6.45, 7) is 3.61. The highest BCUT2D eigenvalue weighted by Crippen LogP contribution is 2.17. The van der Waals surface area contributed by atoms with Gasteiger partial charge in [-0.05, 0) is 25.0 Å². The molecule has 17 heavy (non-hydrogen) atoms. The average molecular weight is 248 g/mol. The molecule has 90 valence electrons. The zero-order valence-electron chi connectivity index (χ0n) is 9.63. The van der Waals surface area contributed by atoms with E-state index in [9.17, 15) is 4.21 Å². The SMILES string of the molecule is C=C=C(CC/C=C\CO)S(=O)c1ccccc1. The van der Waals surface area contributed by atoms with E-state index in [1.165, 1.54) is 0 Å². The fourth-order valence-corrected chi connectivity index (χ4v) is 2.46. The number of rotatable bonds is 6. The molecule has 0 radical (unpaired) electrons. The molecule has 0 aliphatic rings. The topological polar surface area (TPSA) is 37.3 Å². The molecule has 0 saturated heterocycles. The van der Waals surface area contributed by atoms with Crippen molar-refractivity contribution in [1.29, 1.82) is 0 Å². The predicted molar refractivity (Wildman–Crippen MR) is 71.0 cm³/mol. The monoisotopic (exact) mass is 248 g/mol. The first-order valence-electron chi connectivity index (χ1n) is 5.41. The van der Waals surface area contributed by atoms with Gasteiger partial charge in [0.15, 0.2) is 0 Å². The van der Waals surface area contributed by atoms with Crippen molar-refractivity contribution >= 4 is 10.8 Å². The molecule has 1 aromatic rings. The van der Waals surface area contributed by atoms with Crippen molar-refractivity contribution in [3.8, 4) is 0 Å². The van der Waals surface area contributed by atoms with Crippen LogP contribution in [0.2, 0.25) is 0 Å². The Hall–Kier alpha value is -1.41. The second-order valence-electron chi connectivity index (χ2n) is 3.37. The third-order valence-electron chi connectivity index (χ3n) is 2.19. The van der Waals surface area contributed by atoms with Crippen molar-refractivity contribution in [2.24, 2.45) is 0 Å². The molecule has 1 N–H and O–H groups in total. The molecule has 0 aliphatic heterocycles. The maximum Gasteiger partial charge on any atom is 0.0886 e. The first-order chi connectivity index (χ1) is 8.29. The Bertz CT molecular complexity index is 443. The van der Waals surface area contributed by atoms with Crippen molar-refractivity contribution in [2.45, 2.75) is 17.7 Å². The summed E-state index contributed by atoms with van der Waals surface area (Å²) < 4.78 is 12.1. The van der Waals surface area contributed by atoms with Crippen LogP contribution in [-0.2, 0) is 10.8 Å². The third kappa shape index (κ3) is 4.53. The summed E-state index contributed by atoms with van der Waals surface area (Å²) in [5.41, 5.74) is 2.75. The van der Waals surface area contributed by atoms with Crippen molar-refractivity contribution in [3.63, 3.8) is 0 Å². The Morgan fingerprint density at radius 1 is 1.35 bits per heavy atom. The zero-order chi connectivity index (χ0) is 12.5. The van der Waals surface area contributed by atoms with E-state index in [1.54, 1.807) is 6.08 Å². The lowest BCUT2D eigenvalue weighted by atomic mass is 10.3. The van der Waals surface area contributed by atoms with Gasteiger partial charge in [-0.25, -0.2) is 4.21 Å². The summed E-state index contributed by atoms with van der Waals surface area (Å²) in [5, 5.41) is 8.59. The van der Waals surface area contributed by atoms with E-state index in [-0.39, 0.29) is 6.61 Å². The molecule has 2 nitrogen and oxygen atoms in total. The van der Waals surface area contributed by atoms with Crippen LogP contribution in [0.4, 0.5) is 0 Å². The highest BCUT2D eigenvalue weighted by Gasteiger charge is 2.08. The van der Waals surface area contributed by atoms with Crippen LogP contribution < -0.4 is 0 Å². The van der Waals surface area contributed by atoms with Gasteiger partial charge in [0.2, 0.25) is 0 Å². The zero-order valence-corrected chi connectivity index (χ0v) is 10.5. The van der Waals surface area contributed by atoms with Crippen LogP contribution in [0.5, 0.6) is 0 Å². The quantitative estimate of drug-likeness (QED) is 0.621. The standard InChI is InChI=1S/C14H16O2S/c1-2-13(9-7-4-8-12-15)17(16)14-10-5-3-6-11-14/h3-6,8,10-11,15H,1,7,9,12H2/b8-4-. The molecule has 0 amide bonds. The number of aliphatic hydroxyl groups is 1. The lowest BCUT2D eigenvalue weighted by Crippen LogP contribution is -1.95. The molecule has 0 saturated carbocycles. The second kappa shape index (κ2) is 7.80. The van der Waals surface area contributed by atoms with Gasteiger partial charge in [0, 0.05) is 4.90 Å². The highest BCUT2D eigenvalue weighted by molar-refractivity contribution is 7.89. The summed E-state index contributed by atoms with van der Waals surface area (Å²) in [7, 11) is -1.18. The minimum absolute atomic E-state index is 0.0366. The van der Waals surface area contributed by atoms with Gasteiger partial charge in [-0.15, -0.1) is 5.73 Å². The molecular formula is C14H16O2S. The largest absolute Gasteiger partial charge is 0.392 e. The minimum atomic E-state index is -1.18. The average Bonchev–Trinajstić information content (AvgIpc) is 2.39. The van der Waals surface area contributed by atoms with E-state index < -0.39 is 10.8 Å². The van der Waals surface area contributed by atoms with Gasteiger partial charge < -0.3 is 5.11 Å². The van der Waals surface area contributed by atoms with Crippen molar-refractivity contribution < 1.29 is 9.32 Å². The molecule has 0 aliphatic carbocycles. The van der Waals surface area contributed by atoms with Gasteiger partial charge in [0.1, 0.15) is 0 Å². The third-order valence-corrected chi connectivity index (χ3v) is 3.68. The fourth-order valence-electron chi connectivity index (χ4n) is 1.34. The molecule has 1 rings (SSSR count). The van der Waals surface area contributed by atoms with Crippen LogP contribution in [0.25, 0.3) is 0 Å². The first-order valence-corrected chi connectivity index (χ1v) is 6.56. The van der Waals surface area contributed by atoms with Crippen molar-refractivity contribution in [3.05, 3.63) is 59.7 Å². The predicted octanol–water partition coefficient (Wildman–Crippen LogP) is 2.79. The molecule has 0 aromatic heterocycles. The summed E-state index contributed by atoms with van der Waals surface area (Å²) in [5.74, 6) is 0. The van der Waals surface area contributed by atoms with Crippen LogP contribution >= 0.6 is 0 Å². The van der Waals surface area contributed by atoms with Crippen LogP contribution in [0.15, 0.2) is 64.6 Å². The van der Waals surface area contributed by atoms with Crippen molar-refractivity contribution in [2.75, 3.05) is 6.61 Å².